The molecule has 1 heterocycles. The third kappa shape index (κ3) is 3.47. The molecule has 0 saturated carbocycles. The number of nitrogens with zero attached hydrogens (tertiary/aromatic N) is 1. The van der Waals surface area contributed by atoms with Crippen LogP contribution in [0, 0.1) is 6.92 Å². The van der Waals surface area contributed by atoms with Gasteiger partial charge in [-0.15, -0.1) is 11.6 Å². The summed E-state index contributed by atoms with van der Waals surface area (Å²) < 4.78 is 1.03. The van der Waals surface area contributed by atoms with Crippen molar-refractivity contribution in [2.75, 3.05) is 5.32 Å². The second-order valence-corrected chi connectivity index (χ2v) is 5.19. The van der Waals surface area contributed by atoms with Crippen LogP contribution in [-0.2, 0) is 12.4 Å². The number of anilines is 1. The van der Waals surface area contributed by atoms with Gasteiger partial charge in [-0.1, -0.05) is 24.3 Å². The van der Waals surface area contributed by atoms with Crippen molar-refractivity contribution in [3.8, 4) is 0 Å². The molecule has 2 rings (SSSR count). The maximum Gasteiger partial charge on any atom is 0.126 e. The normalized spacial score (nSPS) is 10.4. The maximum atomic E-state index is 5.75. The number of halogens is 2. The van der Waals surface area contributed by atoms with Crippen LogP contribution in [0.25, 0.3) is 0 Å². The molecule has 0 spiro atoms. The number of benzene rings is 1. The van der Waals surface area contributed by atoms with E-state index in [4.69, 9.17) is 11.6 Å². The van der Waals surface area contributed by atoms with E-state index in [1.54, 1.807) is 0 Å². The molecule has 0 saturated heterocycles. The number of hydrogen-bond donors (Lipinski definition) is 1. The second-order valence-electron chi connectivity index (χ2n) is 4.07. The summed E-state index contributed by atoms with van der Waals surface area (Å²) in [6.45, 7) is 2.74. The monoisotopic (exact) mass is 324 g/mol. The van der Waals surface area contributed by atoms with E-state index >= 15 is 0 Å². The molecule has 18 heavy (non-hydrogen) atoms. The molecule has 1 aromatic carbocycles. The summed E-state index contributed by atoms with van der Waals surface area (Å²) in [6, 6.07) is 12.2. The highest BCUT2D eigenvalue weighted by Crippen LogP contribution is 2.16. The number of nitrogens with one attached hydrogen (secondary N) is 1. The van der Waals surface area contributed by atoms with Crippen LogP contribution < -0.4 is 5.32 Å². The molecule has 0 bridgehead atoms. The van der Waals surface area contributed by atoms with E-state index in [9.17, 15) is 0 Å². The standard InChI is InChI=1S/C14H14BrClN2/c1-10-13(15)6-7-14(18-10)17-9-12-4-2-11(8-16)3-5-12/h2-7H,8-9H2,1H3,(H,17,18). The smallest absolute Gasteiger partial charge is 0.126 e. The van der Waals surface area contributed by atoms with E-state index < -0.39 is 0 Å². The zero-order chi connectivity index (χ0) is 13.0. The minimum absolute atomic E-state index is 0.557. The van der Waals surface area contributed by atoms with Gasteiger partial charge in [0.2, 0.25) is 0 Å². The van der Waals surface area contributed by atoms with Crippen LogP contribution in [0.4, 0.5) is 5.82 Å². The molecule has 0 amide bonds. The number of rotatable bonds is 4. The maximum absolute atomic E-state index is 5.75. The first-order valence-corrected chi connectivity index (χ1v) is 7.02. The van der Waals surface area contributed by atoms with Crippen LogP contribution in [-0.4, -0.2) is 4.98 Å². The molecule has 0 unspecified atom stereocenters. The van der Waals surface area contributed by atoms with Crippen molar-refractivity contribution in [1.29, 1.82) is 0 Å². The fourth-order valence-corrected chi connectivity index (χ4v) is 1.98. The van der Waals surface area contributed by atoms with Crippen LogP contribution >= 0.6 is 27.5 Å². The molecular weight excluding hydrogens is 312 g/mol. The van der Waals surface area contributed by atoms with E-state index in [0.717, 1.165) is 28.1 Å². The lowest BCUT2D eigenvalue weighted by atomic mass is 10.1. The van der Waals surface area contributed by atoms with Crippen molar-refractivity contribution in [3.05, 3.63) is 57.7 Å². The van der Waals surface area contributed by atoms with Gasteiger partial charge in [0.1, 0.15) is 5.82 Å². The number of alkyl halides is 1. The summed E-state index contributed by atoms with van der Waals surface area (Å²) in [7, 11) is 0. The number of pyridine rings is 1. The van der Waals surface area contributed by atoms with Crippen LogP contribution in [0.2, 0.25) is 0 Å². The van der Waals surface area contributed by atoms with Gasteiger partial charge in [0, 0.05) is 16.9 Å². The van der Waals surface area contributed by atoms with Gasteiger partial charge < -0.3 is 5.32 Å². The van der Waals surface area contributed by atoms with Crippen molar-refractivity contribution in [2.45, 2.75) is 19.3 Å². The van der Waals surface area contributed by atoms with Gasteiger partial charge in [-0.05, 0) is 46.1 Å². The Morgan fingerprint density at radius 3 is 2.39 bits per heavy atom. The first-order valence-electron chi connectivity index (χ1n) is 5.70. The van der Waals surface area contributed by atoms with Gasteiger partial charge in [-0.2, -0.15) is 0 Å². The number of aryl methyl sites for hydroxylation is 1. The molecule has 0 aliphatic rings. The average molecular weight is 326 g/mol. The molecule has 1 aromatic heterocycles. The predicted octanol–water partition coefficient (Wildman–Crippen LogP) is 4.50. The zero-order valence-electron chi connectivity index (χ0n) is 10.1. The van der Waals surface area contributed by atoms with E-state index in [2.05, 4.69) is 38.4 Å². The lowest BCUT2D eigenvalue weighted by Crippen LogP contribution is -2.02. The fraction of sp³-hybridized carbons (Fsp3) is 0.214. The summed E-state index contributed by atoms with van der Waals surface area (Å²) in [5.41, 5.74) is 3.33. The molecule has 0 radical (unpaired) electrons. The van der Waals surface area contributed by atoms with Crippen molar-refractivity contribution in [1.82, 2.24) is 4.98 Å². The SMILES string of the molecule is Cc1nc(NCc2ccc(CCl)cc2)ccc1Br. The summed E-state index contributed by atoms with van der Waals surface area (Å²) in [4.78, 5) is 4.44. The van der Waals surface area contributed by atoms with Crippen LogP contribution in [0.3, 0.4) is 0 Å². The van der Waals surface area contributed by atoms with Gasteiger partial charge >= 0.3 is 0 Å². The van der Waals surface area contributed by atoms with Crippen molar-refractivity contribution < 1.29 is 0 Å². The predicted molar refractivity (Wildman–Crippen MR) is 80.0 cm³/mol. The Bertz CT molecular complexity index is 526. The topological polar surface area (TPSA) is 24.9 Å². The van der Waals surface area contributed by atoms with Crippen LogP contribution in [0.5, 0.6) is 0 Å². The third-order valence-corrected chi connectivity index (χ3v) is 3.82. The van der Waals surface area contributed by atoms with Crippen LogP contribution in [0.15, 0.2) is 40.9 Å². The Hall–Kier alpha value is -1.06. The largest absolute Gasteiger partial charge is 0.366 e. The highest BCUT2D eigenvalue weighted by atomic mass is 79.9. The van der Waals surface area contributed by atoms with E-state index in [1.165, 1.54) is 5.56 Å². The summed E-state index contributed by atoms with van der Waals surface area (Å²) in [5, 5.41) is 3.30. The molecule has 94 valence electrons. The van der Waals surface area contributed by atoms with Gasteiger partial charge in [-0.3, -0.25) is 0 Å². The number of hydrogen-bond acceptors (Lipinski definition) is 2. The van der Waals surface area contributed by atoms with Gasteiger partial charge in [0.25, 0.3) is 0 Å². The minimum Gasteiger partial charge on any atom is -0.366 e. The Labute approximate surface area is 121 Å². The lowest BCUT2D eigenvalue weighted by molar-refractivity contribution is 1.08. The molecule has 0 fully saturated rings. The molecule has 1 N–H and O–H groups in total. The van der Waals surface area contributed by atoms with Crippen molar-refractivity contribution in [2.24, 2.45) is 0 Å². The Kier molecular flexibility index (Phi) is 4.61. The first kappa shape index (κ1) is 13.4. The lowest BCUT2D eigenvalue weighted by Gasteiger charge is -2.07. The van der Waals surface area contributed by atoms with Gasteiger partial charge in [-0.25, -0.2) is 4.98 Å². The molecule has 0 aliphatic heterocycles. The minimum atomic E-state index is 0.557. The van der Waals surface area contributed by atoms with Gasteiger partial charge in [0.05, 0.1) is 5.69 Å². The highest BCUT2D eigenvalue weighted by Gasteiger charge is 1.99. The third-order valence-electron chi connectivity index (χ3n) is 2.67. The van der Waals surface area contributed by atoms with E-state index in [0.29, 0.717) is 5.88 Å². The molecule has 0 atom stereocenters. The summed E-state index contributed by atoms with van der Waals surface area (Å²) in [5.74, 6) is 1.44. The summed E-state index contributed by atoms with van der Waals surface area (Å²) in [6.07, 6.45) is 0. The van der Waals surface area contributed by atoms with Gasteiger partial charge in [0.15, 0.2) is 0 Å². The zero-order valence-corrected chi connectivity index (χ0v) is 12.4. The Morgan fingerprint density at radius 2 is 1.78 bits per heavy atom. The Balaban J connectivity index is 1.99. The fourth-order valence-electron chi connectivity index (χ4n) is 1.58. The van der Waals surface area contributed by atoms with Crippen LogP contribution in [0.1, 0.15) is 16.8 Å². The molecule has 0 aliphatic carbocycles. The first-order chi connectivity index (χ1) is 8.69. The Morgan fingerprint density at radius 1 is 1.11 bits per heavy atom. The second kappa shape index (κ2) is 6.21. The average Bonchev–Trinajstić information content (AvgIpc) is 2.41. The molecule has 2 aromatic rings. The quantitative estimate of drug-likeness (QED) is 0.837. The number of aromatic nitrogens is 1. The molecular formula is C14H14BrClN2. The van der Waals surface area contributed by atoms with Crippen molar-refractivity contribution in [3.63, 3.8) is 0 Å². The van der Waals surface area contributed by atoms with Crippen molar-refractivity contribution >= 4 is 33.3 Å². The summed E-state index contributed by atoms with van der Waals surface area (Å²) >= 11 is 9.19. The van der Waals surface area contributed by atoms with E-state index in [-0.39, 0.29) is 0 Å². The van der Waals surface area contributed by atoms with E-state index in [1.807, 2.05) is 31.2 Å². The highest BCUT2D eigenvalue weighted by molar-refractivity contribution is 9.10. The molecule has 4 heteroatoms. The molecule has 2 nitrogen and oxygen atoms in total.